The Hall–Kier alpha value is -1.25. The Morgan fingerprint density at radius 2 is 2.33 bits per heavy atom. The third kappa shape index (κ3) is 1.02. The second kappa shape index (κ2) is 2.66. The zero-order valence-electron chi connectivity index (χ0n) is 6.86. The number of anilines is 1. The highest BCUT2D eigenvalue weighted by Crippen LogP contribution is 2.31. The van der Waals surface area contributed by atoms with E-state index >= 15 is 0 Å². The molecule has 1 aromatic rings. The van der Waals surface area contributed by atoms with Crippen molar-refractivity contribution in [2.24, 2.45) is 0 Å². The molecule has 0 saturated heterocycles. The molecule has 0 amide bonds. The molecule has 0 aromatic heterocycles. The smallest absolute Gasteiger partial charge is 0.178 e. The van der Waals surface area contributed by atoms with Crippen molar-refractivity contribution in [3.63, 3.8) is 0 Å². The SMILES string of the molecule is Cc1ccc2c(c1F)OCCN2. The van der Waals surface area contributed by atoms with E-state index in [1.807, 2.05) is 6.07 Å². The first-order chi connectivity index (χ1) is 5.79. The first-order valence-electron chi connectivity index (χ1n) is 3.95. The molecule has 12 heavy (non-hydrogen) atoms. The van der Waals surface area contributed by atoms with Gasteiger partial charge in [-0.2, -0.15) is 0 Å². The van der Waals surface area contributed by atoms with Crippen LogP contribution in [0.25, 0.3) is 0 Å². The maximum atomic E-state index is 13.3. The lowest BCUT2D eigenvalue weighted by atomic mass is 10.2. The molecular formula is C9H10FNO. The van der Waals surface area contributed by atoms with E-state index < -0.39 is 0 Å². The Kier molecular flexibility index (Phi) is 1.64. The molecule has 0 radical (unpaired) electrons. The average Bonchev–Trinajstić information content (AvgIpc) is 2.12. The van der Waals surface area contributed by atoms with Crippen LogP contribution in [0.15, 0.2) is 12.1 Å². The molecule has 0 fully saturated rings. The van der Waals surface area contributed by atoms with Crippen molar-refractivity contribution in [2.75, 3.05) is 18.5 Å². The highest BCUT2D eigenvalue weighted by molar-refractivity contribution is 5.59. The van der Waals surface area contributed by atoms with Gasteiger partial charge in [0.2, 0.25) is 0 Å². The van der Waals surface area contributed by atoms with Gasteiger partial charge in [-0.05, 0) is 18.6 Å². The van der Waals surface area contributed by atoms with Gasteiger partial charge in [0, 0.05) is 6.54 Å². The second-order valence-corrected chi connectivity index (χ2v) is 2.85. The van der Waals surface area contributed by atoms with Gasteiger partial charge in [0.25, 0.3) is 0 Å². The van der Waals surface area contributed by atoms with Crippen molar-refractivity contribution in [1.29, 1.82) is 0 Å². The third-order valence-corrected chi connectivity index (χ3v) is 1.95. The number of hydrogen-bond donors (Lipinski definition) is 1. The van der Waals surface area contributed by atoms with Crippen LogP contribution >= 0.6 is 0 Å². The molecule has 3 heteroatoms. The van der Waals surface area contributed by atoms with Gasteiger partial charge in [0.15, 0.2) is 11.6 Å². The Bertz CT molecular complexity index is 312. The minimum absolute atomic E-state index is 0.250. The van der Waals surface area contributed by atoms with E-state index in [4.69, 9.17) is 4.74 Å². The van der Waals surface area contributed by atoms with Crippen molar-refractivity contribution >= 4 is 5.69 Å². The Labute approximate surface area is 70.3 Å². The lowest BCUT2D eigenvalue weighted by molar-refractivity contribution is 0.305. The summed E-state index contributed by atoms with van der Waals surface area (Å²) in [5.41, 5.74) is 1.38. The molecule has 2 nitrogen and oxygen atoms in total. The Balaban J connectivity index is 2.54. The number of ether oxygens (including phenoxy) is 1. The third-order valence-electron chi connectivity index (χ3n) is 1.95. The number of halogens is 1. The fraction of sp³-hybridized carbons (Fsp3) is 0.333. The monoisotopic (exact) mass is 167 g/mol. The lowest BCUT2D eigenvalue weighted by Crippen LogP contribution is -2.19. The minimum Gasteiger partial charge on any atom is -0.486 e. The van der Waals surface area contributed by atoms with Crippen molar-refractivity contribution in [3.05, 3.63) is 23.5 Å². The number of hydrogen-bond acceptors (Lipinski definition) is 2. The zero-order valence-corrected chi connectivity index (χ0v) is 6.86. The number of rotatable bonds is 0. The van der Waals surface area contributed by atoms with E-state index in [9.17, 15) is 4.39 Å². The maximum Gasteiger partial charge on any atom is 0.178 e. The average molecular weight is 167 g/mol. The van der Waals surface area contributed by atoms with Gasteiger partial charge in [0.05, 0.1) is 5.69 Å². The summed E-state index contributed by atoms with van der Waals surface area (Å²) in [5, 5.41) is 3.07. The van der Waals surface area contributed by atoms with Gasteiger partial charge in [-0.25, -0.2) is 4.39 Å². The van der Waals surface area contributed by atoms with Gasteiger partial charge in [0.1, 0.15) is 6.61 Å². The summed E-state index contributed by atoms with van der Waals surface area (Å²) in [7, 11) is 0. The molecule has 0 atom stereocenters. The standard InChI is InChI=1S/C9H10FNO/c1-6-2-3-7-9(8(6)10)12-5-4-11-7/h2-3,11H,4-5H2,1H3. The van der Waals surface area contributed by atoms with Crippen LogP contribution in [0.4, 0.5) is 10.1 Å². The molecule has 1 aromatic carbocycles. The number of benzene rings is 1. The van der Waals surface area contributed by atoms with E-state index in [1.165, 1.54) is 0 Å². The van der Waals surface area contributed by atoms with Crippen molar-refractivity contribution in [1.82, 2.24) is 0 Å². The van der Waals surface area contributed by atoms with Crippen LogP contribution in [0, 0.1) is 12.7 Å². The highest BCUT2D eigenvalue weighted by atomic mass is 19.1. The van der Waals surface area contributed by atoms with Crippen molar-refractivity contribution in [3.8, 4) is 5.75 Å². The molecule has 0 aliphatic carbocycles. The summed E-state index contributed by atoms with van der Waals surface area (Å²) in [6, 6.07) is 3.59. The summed E-state index contributed by atoms with van der Waals surface area (Å²) in [5.74, 6) is 0.112. The van der Waals surface area contributed by atoms with Crippen LogP contribution in [0.5, 0.6) is 5.75 Å². The van der Waals surface area contributed by atoms with E-state index in [1.54, 1.807) is 13.0 Å². The summed E-state index contributed by atoms with van der Waals surface area (Å²) in [6.45, 7) is 3.01. The van der Waals surface area contributed by atoms with Crippen LogP contribution in [0.1, 0.15) is 5.56 Å². The largest absolute Gasteiger partial charge is 0.486 e. The van der Waals surface area contributed by atoms with Crippen LogP contribution < -0.4 is 10.1 Å². The van der Waals surface area contributed by atoms with E-state index in [2.05, 4.69) is 5.32 Å². The molecule has 64 valence electrons. The Morgan fingerprint density at radius 3 is 3.17 bits per heavy atom. The molecular weight excluding hydrogens is 157 g/mol. The minimum atomic E-state index is -0.250. The predicted octanol–water partition coefficient (Wildman–Crippen LogP) is 1.94. The molecule has 1 aliphatic heterocycles. The molecule has 1 heterocycles. The first kappa shape index (κ1) is 7.40. The van der Waals surface area contributed by atoms with Gasteiger partial charge < -0.3 is 10.1 Å². The summed E-state index contributed by atoms with van der Waals surface area (Å²) in [6.07, 6.45) is 0. The number of fused-ring (bicyclic) bond motifs is 1. The molecule has 1 aliphatic rings. The second-order valence-electron chi connectivity index (χ2n) is 2.85. The zero-order chi connectivity index (χ0) is 8.55. The van der Waals surface area contributed by atoms with Crippen LogP contribution in [-0.2, 0) is 0 Å². The topological polar surface area (TPSA) is 21.3 Å². The van der Waals surface area contributed by atoms with Gasteiger partial charge >= 0.3 is 0 Å². The van der Waals surface area contributed by atoms with Crippen LogP contribution in [0.2, 0.25) is 0 Å². The van der Waals surface area contributed by atoms with Gasteiger partial charge in [-0.1, -0.05) is 6.07 Å². The lowest BCUT2D eigenvalue weighted by Gasteiger charge is -2.19. The van der Waals surface area contributed by atoms with Gasteiger partial charge in [-0.3, -0.25) is 0 Å². The predicted molar refractivity (Wildman–Crippen MR) is 45.1 cm³/mol. The van der Waals surface area contributed by atoms with E-state index in [-0.39, 0.29) is 5.82 Å². The normalized spacial score (nSPS) is 14.5. The van der Waals surface area contributed by atoms with Crippen LogP contribution in [-0.4, -0.2) is 13.2 Å². The molecule has 0 saturated carbocycles. The van der Waals surface area contributed by atoms with E-state index in [0.717, 1.165) is 12.2 Å². The van der Waals surface area contributed by atoms with Crippen molar-refractivity contribution < 1.29 is 9.13 Å². The quantitative estimate of drug-likeness (QED) is 0.637. The molecule has 0 bridgehead atoms. The van der Waals surface area contributed by atoms with Crippen molar-refractivity contribution in [2.45, 2.75) is 6.92 Å². The Morgan fingerprint density at radius 1 is 1.50 bits per heavy atom. The maximum absolute atomic E-state index is 13.3. The molecule has 2 rings (SSSR count). The first-order valence-corrected chi connectivity index (χ1v) is 3.95. The van der Waals surface area contributed by atoms with Gasteiger partial charge in [-0.15, -0.1) is 0 Å². The van der Waals surface area contributed by atoms with Crippen LogP contribution in [0.3, 0.4) is 0 Å². The summed E-state index contributed by atoms with van der Waals surface area (Å²) >= 11 is 0. The molecule has 0 unspecified atom stereocenters. The highest BCUT2D eigenvalue weighted by Gasteiger charge is 2.15. The fourth-order valence-corrected chi connectivity index (χ4v) is 1.27. The molecule has 0 spiro atoms. The number of aryl methyl sites for hydroxylation is 1. The summed E-state index contributed by atoms with van der Waals surface area (Å²) < 4.78 is 18.5. The summed E-state index contributed by atoms with van der Waals surface area (Å²) in [4.78, 5) is 0. The number of nitrogens with one attached hydrogen (secondary N) is 1. The van der Waals surface area contributed by atoms with E-state index in [0.29, 0.717) is 17.9 Å². The fourth-order valence-electron chi connectivity index (χ4n) is 1.27. The molecule has 1 N–H and O–H groups in total.